The van der Waals surface area contributed by atoms with Gasteiger partial charge in [-0.2, -0.15) is 0 Å². The summed E-state index contributed by atoms with van der Waals surface area (Å²) in [5, 5.41) is 0. The van der Waals surface area contributed by atoms with Gasteiger partial charge in [-0.3, -0.25) is 13.9 Å². The van der Waals surface area contributed by atoms with E-state index in [1.807, 2.05) is 6.92 Å². The number of imidazole rings is 2. The van der Waals surface area contributed by atoms with Gasteiger partial charge in [0.25, 0.3) is 5.56 Å². The van der Waals surface area contributed by atoms with E-state index in [0.717, 1.165) is 21.6 Å². The van der Waals surface area contributed by atoms with Gasteiger partial charge in [-0.05, 0) is 6.92 Å². The fourth-order valence-corrected chi connectivity index (χ4v) is 2.09. The Kier molecular flexibility index (Phi) is 3.48. The SMILES string of the molecule is Cc1ncc2[nH]cnc2n1.Cn1c(=O)c2[nH]cnc2n(C)c1=O. The van der Waals surface area contributed by atoms with Crippen molar-refractivity contribution in [2.45, 2.75) is 6.92 Å². The molecule has 23 heavy (non-hydrogen) atoms. The third-order valence-electron chi connectivity index (χ3n) is 3.33. The van der Waals surface area contributed by atoms with E-state index in [9.17, 15) is 9.59 Å². The molecule has 0 aliphatic carbocycles. The predicted octanol–water partition coefficient (Wildman–Crippen LogP) is -0.378. The minimum atomic E-state index is -0.371. The van der Waals surface area contributed by atoms with Crippen LogP contribution in [0.4, 0.5) is 0 Å². The van der Waals surface area contributed by atoms with Crippen molar-refractivity contribution >= 4 is 22.3 Å². The van der Waals surface area contributed by atoms with E-state index in [0.29, 0.717) is 11.2 Å². The highest BCUT2D eigenvalue weighted by molar-refractivity contribution is 5.68. The van der Waals surface area contributed by atoms with Crippen LogP contribution in [0.2, 0.25) is 0 Å². The molecule has 4 aromatic heterocycles. The largest absolute Gasteiger partial charge is 0.342 e. The molecule has 0 atom stereocenters. The van der Waals surface area contributed by atoms with Gasteiger partial charge in [-0.1, -0.05) is 0 Å². The van der Waals surface area contributed by atoms with Crippen LogP contribution in [-0.2, 0) is 14.1 Å². The monoisotopic (exact) mass is 314 g/mol. The predicted molar refractivity (Wildman–Crippen MR) is 83.0 cm³/mol. The molecule has 0 radical (unpaired) electrons. The standard InChI is InChI=1S/C7H8N4O2.C6H6N4/c1-10-5-4(8-3-9-5)6(12)11(2)7(10)13;1-4-7-2-5-6(10-4)9-3-8-5/h3H,1-2H3,(H,8,9);2-3H,1H3,(H,7,8,9,10). The van der Waals surface area contributed by atoms with Crippen LogP contribution in [0.1, 0.15) is 5.82 Å². The van der Waals surface area contributed by atoms with Gasteiger partial charge in [0.2, 0.25) is 0 Å². The molecule has 4 heterocycles. The van der Waals surface area contributed by atoms with Crippen molar-refractivity contribution in [2.24, 2.45) is 14.1 Å². The topological polar surface area (TPSA) is 127 Å². The summed E-state index contributed by atoms with van der Waals surface area (Å²) in [6, 6.07) is 0. The van der Waals surface area contributed by atoms with E-state index in [4.69, 9.17) is 0 Å². The van der Waals surface area contributed by atoms with Gasteiger partial charge in [0.15, 0.2) is 11.3 Å². The number of aromatic amines is 2. The Labute approximate surface area is 128 Å². The molecular weight excluding hydrogens is 300 g/mol. The first-order valence-electron chi connectivity index (χ1n) is 6.71. The summed E-state index contributed by atoms with van der Waals surface area (Å²) in [4.78, 5) is 44.3. The molecule has 0 saturated heterocycles. The number of aromatic nitrogens is 8. The molecule has 0 saturated carbocycles. The summed E-state index contributed by atoms with van der Waals surface area (Å²) in [6.45, 7) is 1.84. The zero-order chi connectivity index (χ0) is 16.6. The summed E-state index contributed by atoms with van der Waals surface area (Å²) in [5.41, 5.74) is 1.62. The first-order chi connectivity index (χ1) is 11.0. The fourth-order valence-electron chi connectivity index (χ4n) is 2.09. The van der Waals surface area contributed by atoms with Crippen molar-refractivity contribution in [1.82, 2.24) is 39.0 Å². The molecule has 4 aromatic rings. The lowest BCUT2D eigenvalue weighted by molar-refractivity contribution is 0.709. The number of nitrogens with zero attached hydrogens (tertiary/aromatic N) is 6. The lowest BCUT2D eigenvalue weighted by Gasteiger charge is -2.00. The zero-order valence-corrected chi connectivity index (χ0v) is 12.7. The molecule has 4 rings (SSSR count). The van der Waals surface area contributed by atoms with E-state index in [1.165, 1.54) is 17.9 Å². The quantitative estimate of drug-likeness (QED) is 0.455. The number of nitrogens with one attached hydrogen (secondary N) is 2. The van der Waals surface area contributed by atoms with Gasteiger partial charge in [0.1, 0.15) is 16.9 Å². The third kappa shape index (κ3) is 2.50. The maximum atomic E-state index is 11.4. The maximum absolute atomic E-state index is 11.4. The van der Waals surface area contributed by atoms with Gasteiger partial charge < -0.3 is 9.97 Å². The van der Waals surface area contributed by atoms with E-state index < -0.39 is 0 Å². The number of hydrogen-bond donors (Lipinski definition) is 2. The van der Waals surface area contributed by atoms with E-state index in [1.54, 1.807) is 19.6 Å². The summed E-state index contributed by atoms with van der Waals surface area (Å²) in [5.74, 6) is 0.750. The van der Waals surface area contributed by atoms with Crippen LogP contribution in [0.5, 0.6) is 0 Å². The minimum Gasteiger partial charge on any atom is -0.342 e. The molecule has 0 aliphatic heterocycles. The van der Waals surface area contributed by atoms with E-state index in [-0.39, 0.29) is 11.2 Å². The summed E-state index contributed by atoms with van der Waals surface area (Å²) >= 11 is 0. The van der Waals surface area contributed by atoms with Crippen LogP contribution in [0.3, 0.4) is 0 Å². The minimum absolute atomic E-state index is 0.351. The van der Waals surface area contributed by atoms with E-state index >= 15 is 0 Å². The first kappa shape index (κ1) is 14.6. The Bertz CT molecular complexity index is 1100. The highest BCUT2D eigenvalue weighted by Gasteiger charge is 2.08. The van der Waals surface area contributed by atoms with Crippen LogP contribution >= 0.6 is 0 Å². The van der Waals surface area contributed by atoms with Crippen LogP contribution < -0.4 is 11.2 Å². The second-order valence-electron chi connectivity index (χ2n) is 4.86. The lowest BCUT2D eigenvalue weighted by atomic mass is 10.5. The van der Waals surface area contributed by atoms with Crippen LogP contribution in [-0.4, -0.2) is 39.0 Å². The van der Waals surface area contributed by atoms with Crippen molar-refractivity contribution in [1.29, 1.82) is 0 Å². The highest BCUT2D eigenvalue weighted by atomic mass is 16.2. The molecule has 118 valence electrons. The summed E-state index contributed by atoms with van der Waals surface area (Å²) in [7, 11) is 3.01. The molecule has 0 unspecified atom stereocenters. The molecule has 2 N–H and O–H groups in total. The molecular formula is C13H14N8O2. The van der Waals surface area contributed by atoms with Crippen molar-refractivity contribution in [3.05, 3.63) is 45.5 Å². The van der Waals surface area contributed by atoms with Crippen molar-refractivity contribution in [3.63, 3.8) is 0 Å². The molecule has 0 aliphatic rings. The molecule has 10 nitrogen and oxygen atoms in total. The second kappa shape index (κ2) is 5.48. The molecule has 0 aromatic carbocycles. The van der Waals surface area contributed by atoms with E-state index in [2.05, 4.69) is 29.9 Å². The van der Waals surface area contributed by atoms with Crippen molar-refractivity contribution in [2.75, 3.05) is 0 Å². The average molecular weight is 314 g/mol. The second-order valence-corrected chi connectivity index (χ2v) is 4.86. The Hall–Kier alpha value is -3.30. The summed E-state index contributed by atoms with van der Waals surface area (Å²) < 4.78 is 2.37. The zero-order valence-electron chi connectivity index (χ0n) is 12.7. The van der Waals surface area contributed by atoms with Gasteiger partial charge >= 0.3 is 5.69 Å². The number of fused-ring (bicyclic) bond motifs is 2. The Morgan fingerprint density at radius 2 is 1.74 bits per heavy atom. The van der Waals surface area contributed by atoms with Gasteiger partial charge in [-0.15, -0.1) is 0 Å². The molecule has 0 fully saturated rings. The smallest absolute Gasteiger partial charge is 0.332 e. The molecule has 0 spiro atoms. The molecule has 0 amide bonds. The fraction of sp³-hybridized carbons (Fsp3) is 0.231. The van der Waals surface area contributed by atoms with Gasteiger partial charge in [-0.25, -0.2) is 24.7 Å². The molecule has 0 bridgehead atoms. The van der Waals surface area contributed by atoms with Crippen LogP contribution in [0, 0.1) is 6.92 Å². The highest BCUT2D eigenvalue weighted by Crippen LogP contribution is 2.02. The number of rotatable bonds is 0. The lowest BCUT2D eigenvalue weighted by Crippen LogP contribution is -2.36. The number of hydrogen-bond acceptors (Lipinski definition) is 6. The van der Waals surface area contributed by atoms with Crippen LogP contribution in [0.15, 0.2) is 28.4 Å². The van der Waals surface area contributed by atoms with Crippen molar-refractivity contribution < 1.29 is 0 Å². The Morgan fingerprint density at radius 3 is 2.52 bits per heavy atom. The first-order valence-corrected chi connectivity index (χ1v) is 6.71. The number of aryl methyl sites for hydroxylation is 2. The van der Waals surface area contributed by atoms with Gasteiger partial charge in [0.05, 0.1) is 18.9 Å². The normalized spacial score (nSPS) is 10.7. The summed E-state index contributed by atoms with van der Waals surface area (Å²) in [6.07, 6.45) is 4.73. The van der Waals surface area contributed by atoms with Gasteiger partial charge in [0, 0.05) is 14.1 Å². The average Bonchev–Trinajstić information content (AvgIpc) is 3.20. The number of H-pyrrole nitrogens is 2. The van der Waals surface area contributed by atoms with Crippen molar-refractivity contribution in [3.8, 4) is 0 Å². The Morgan fingerprint density at radius 1 is 1.00 bits per heavy atom. The van der Waals surface area contributed by atoms with Crippen LogP contribution in [0.25, 0.3) is 22.3 Å². The third-order valence-corrected chi connectivity index (χ3v) is 3.33. The Balaban J connectivity index is 0.000000140. The maximum Gasteiger partial charge on any atom is 0.332 e. The molecule has 10 heteroatoms.